The fraction of sp³-hybridized carbons (Fsp3) is 0.556. The molecule has 3 heterocycles. The first-order valence-electron chi connectivity index (χ1n) is 12.2. The Morgan fingerprint density at radius 1 is 0.848 bits per heavy atom. The van der Waals surface area contributed by atoms with Crippen LogP contribution in [0.15, 0.2) is 36.4 Å². The van der Waals surface area contributed by atoms with E-state index in [1.807, 2.05) is 12.1 Å². The molecule has 0 unspecified atom stereocenters. The highest BCUT2D eigenvalue weighted by Gasteiger charge is 2.47. The van der Waals surface area contributed by atoms with E-state index in [9.17, 15) is 15.3 Å². The minimum absolute atomic E-state index is 0.0366. The Hall–Kier alpha value is -2.12. The average Bonchev–Trinajstić information content (AvgIpc) is 2.84. The fourth-order valence-corrected chi connectivity index (χ4v) is 6.29. The second-order valence-electron chi connectivity index (χ2n) is 9.83. The highest BCUT2D eigenvalue weighted by molar-refractivity contribution is 5.77. The van der Waals surface area contributed by atoms with Gasteiger partial charge in [0, 0.05) is 29.3 Å². The standard InChI is InChI=1S/C27H35NO5/c1-32-25-10-7-16-6-9-19(29)14-18-4-3-5-22-27(31)24(30)15-23(28(18)22)17-8-11-26(33-2)21(13-17)20(25)12-16/h7-8,10-13,18-19,22-24,27,29-31H,3-6,9,14-15H2,1-2H3/t18-,19-,22-,23+,24+,27+/m1/s1. The Bertz CT molecular complexity index is 994. The number of rotatable bonds is 2. The highest BCUT2D eigenvalue weighted by atomic mass is 16.5. The van der Waals surface area contributed by atoms with Crippen LogP contribution in [0.25, 0.3) is 11.1 Å². The van der Waals surface area contributed by atoms with Crippen molar-refractivity contribution in [1.82, 2.24) is 4.90 Å². The van der Waals surface area contributed by atoms with Gasteiger partial charge < -0.3 is 24.8 Å². The minimum atomic E-state index is -0.765. The van der Waals surface area contributed by atoms with Crippen LogP contribution in [-0.2, 0) is 6.42 Å². The molecule has 2 aromatic carbocycles. The molecular formula is C27H35NO5. The van der Waals surface area contributed by atoms with Gasteiger partial charge in [0.25, 0.3) is 0 Å². The lowest BCUT2D eigenvalue weighted by molar-refractivity contribution is -0.134. The normalized spacial score (nSPS) is 32.0. The zero-order valence-corrected chi connectivity index (χ0v) is 19.5. The van der Waals surface area contributed by atoms with Crippen LogP contribution in [0.5, 0.6) is 11.5 Å². The van der Waals surface area contributed by atoms with Gasteiger partial charge in [-0.15, -0.1) is 0 Å². The van der Waals surface area contributed by atoms with Gasteiger partial charge in [-0.05, 0) is 73.9 Å². The molecule has 0 aromatic heterocycles. The van der Waals surface area contributed by atoms with Crippen molar-refractivity contribution in [2.24, 2.45) is 0 Å². The summed E-state index contributed by atoms with van der Waals surface area (Å²) in [5.74, 6) is 1.55. The average molecular weight is 454 g/mol. The molecule has 2 aromatic rings. The molecular weight excluding hydrogens is 418 g/mol. The summed E-state index contributed by atoms with van der Waals surface area (Å²) in [5.41, 5.74) is 4.17. The van der Waals surface area contributed by atoms with E-state index in [2.05, 4.69) is 29.2 Å². The van der Waals surface area contributed by atoms with Crippen LogP contribution in [0.1, 0.15) is 55.7 Å². The van der Waals surface area contributed by atoms with Crippen LogP contribution in [0, 0.1) is 0 Å². The van der Waals surface area contributed by atoms with Crippen molar-refractivity contribution >= 4 is 0 Å². The predicted molar refractivity (Wildman–Crippen MR) is 127 cm³/mol. The predicted octanol–water partition coefficient (Wildman–Crippen LogP) is 3.46. The number of fused-ring (bicyclic) bond motifs is 6. The Kier molecular flexibility index (Phi) is 6.36. The van der Waals surface area contributed by atoms with Crippen molar-refractivity contribution < 1.29 is 24.8 Å². The fourth-order valence-electron chi connectivity index (χ4n) is 6.29. The van der Waals surface area contributed by atoms with Crippen molar-refractivity contribution in [3.63, 3.8) is 0 Å². The summed E-state index contributed by atoms with van der Waals surface area (Å²) in [6.07, 6.45) is 3.53. The number of methoxy groups -OCH3 is 2. The third kappa shape index (κ3) is 4.14. The van der Waals surface area contributed by atoms with Gasteiger partial charge in [0.2, 0.25) is 0 Å². The number of aliphatic hydroxyl groups excluding tert-OH is 3. The van der Waals surface area contributed by atoms with Crippen molar-refractivity contribution in [2.75, 3.05) is 14.2 Å². The molecule has 3 aliphatic rings. The molecule has 0 saturated carbocycles. The van der Waals surface area contributed by atoms with Crippen LogP contribution in [0.4, 0.5) is 0 Å². The SMILES string of the molecule is COc1ccc2cc1-c1cc(ccc1OC)[C@@H]1C[C@H](O)[C@@H](O)[C@H]3CCC[C@H](C[C@H](O)CC2)N31. The van der Waals surface area contributed by atoms with Gasteiger partial charge in [-0.1, -0.05) is 18.6 Å². The number of aryl methyl sites for hydroxylation is 1. The summed E-state index contributed by atoms with van der Waals surface area (Å²) >= 11 is 0. The molecule has 0 aliphatic carbocycles. The quantitative estimate of drug-likeness (QED) is 0.646. The summed E-state index contributed by atoms with van der Waals surface area (Å²) in [7, 11) is 3.35. The number of aliphatic hydroxyl groups is 3. The Morgan fingerprint density at radius 3 is 2.33 bits per heavy atom. The van der Waals surface area contributed by atoms with Crippen molar-refractivity contribution in [2.45, 2.75) is 81.4 Å². The number of benzene rings is 2. The molecule has 5 rings (SSSR count). The number of nitrogens with zero attached hydrogens (tertiary/aromatic N) is 1. The Labute approximate surface area is 195 Å². The van der Waals surface area contributed by atoms with Gasteiger partial charge >= 0.3 is 0 Å². The topological polar surface area (TPSA) is 82.4 Å². The highest BCUT2D eigenvalue weighted by Crippen LogP contribution is 2.46. The van der Waals surface area contributed by atoms with Gasteiger partial charge in [-0.25, -0.2) is 0 Å². The van der Waals surface area contributed by atoms with Gasteiger partial charge in [-0.3, -0.25) is 4.90 Å². The molecule has 0 amide bonds. The maximum absolute atomic E-state index is 11.0. The zero-order chi connectivity index (χ0) is 23.1. The summed E-state index contributed by atoms with van der Waals surface area (Å²) in [5, 5.41) is 32.6. The maximum Gasteiger partial charge on any atom is 0.126 e. The van der Waals surface area contributed by atoms with E-state index in [-0.39, 0.29) is 18.1 Å². The number of piperidine rings is 2. The largest absolute Gasteiger partial charge is 0.496 e. The molecule has 33 heavy (non-hydrogen) atoms. The van der Waals surface area contributed by atoms with E-state index in [0.29, 0.717) is 19.3 Å². The lowest BCUT2D eigenvalue weighted by Gasteiger charge is -2.53. The van der Waals surface area contributed by atoms with Crippen LogP contribution in [0.2, 0.25) is 0 Å². The van der Waals surface area contributed by atoms with Crippen molar-refractivity contribution in [3.05, 3.63) is 47.5 Å². The molecule has 2 saturated heterocycles. The third-order valence-electron chi connectivity index (χ3n) is 7.93. The minimum Gasteiger partial charge on any atom is -0.496 e. The van der Waals surface area contributed by atoms with E-state index in [1.165, 1.54) is 0 Å². The maximum atomic E-state index is 11.0. The smallest absolute Gasteiger partial charge is 0.126 e. The van der Waals surface area contributed by atoms with Crippen molar-refractivity contribution in [1.29, 1.82) is 0 Å². The third-order valence-corrected chi connectivity index (χ3v) is 7.93. The number of hydrogen-bond donors (Lipinski definition) is 3. The zero-order valence-electron chi connectivity index (χ0n) is 19.5. The van der Waals surface area contributed by atoms with Crippen LogP contribution < -0.4 is 9.47 Å². The second kappa shape index (κ2) is 9.26. The molecule has 6 heteroatoms. The molecule has 178 valence electrons. The number of ether oxygens (including phenoxy) is 2. The lowest BCUT2D eigenvalue weighted by atomic mass is 9.78. The first kappa shape index (κ1) is 22.7. The molecule has 0 spiro atoms. The first-order valence-corrected chi connectivity index (χ1v) is 12.2. The molecule has 3 N–H and O–H groups in total. The van der Waals surface area contributed by atoms with Crippen LogP contribution >= 0.6 is 0 Å². The van der Waals surface area contributed by atoms with E-state index < -0.39 is 18.3 Å². The summed E-state index contributed by atoms with van der Waals surface area (Å²) in [6, 6.07) is 12.5. The summed E-state index contributed by atoms with van der Waals surface area (Å²) in [4.78, 5) is 2.40. The molecule has 0 radical (unpaired) electrons. The number of hydrogen-bond acceptors (Lipinski definition) is 6. The summed E-state index contributed by atoms with van der Waals surface area (Å²) in [6.45, 7) is 0. The van der Waals surface area contributed by atoms with Gasteiger partial charge in [-0.2, -0.15) is 0 Å². The van der Waals surface area contributed by atoms with E-state index in [1.54, 1.807) is 14.2 Å². The van der Waals surface area contributed by atoms with E-state index in [0.717, 1.165) is 59.4 Å². The summed E-state index contributed by atoms with van der Waals surface area (Å²) < 4.78 is 11.4. The molecule has 3 aliphatic heterocycles. The van der Waals surface area contributed by atoms with Crippen LogP contribution in [-0.4, -0.2) is 64.8 Å². The van der Waals surface area contributed by atoms with Gasteiger partial charge in [0.1, 0.15) is 11.5 Å². The second-order valence-corrected chi connectivity index (χ2v) is 9.83. The molecule has 6 nitrogen and oxygen atoms in total. The Balaban J connectivity index is 1.69. The molecule has 2 fully saturated rings. The van der Waals surface area contributed by atoms with E-state index >= 15 is 0 Å². The van der Waals surface area contributed by atoms with E-state index in [4.69, 9.17) is 9.47 Å². The monoisotopic (exact) mass is 453 g/mol. The van der Waals surface area contributed by atoms with Gasteiger partial charge in [0.05, 0.1) is 32.5 Å². The van der Waals surface area contributed by atoms with Crippen molar-refractivity contribution in [3.8, 4) is 22.6 Å². The Morgan fingerprint density at radius 2 is 1.58 bits per heavy atom. The van der Waals surface area contributed by atoms with Gasteiger partial charge in [0.15, 0.2) is 0 Å². The molecule has 4 bridgehead atoms. The van der Waals surface area contributed by atoms with Crippen LogP contribution in [0.3, 0.4) is 0 Å². The first-order chi connectivity index (χ1) is 16.0. The lowest BCUT2D eigenvalue weighted by Crippen LogP contribution is -2.61. The molecule has 6 atom stereocenters.